The average molecular weight is 418 g/mol. The average Bonchev–Trinajstić information content (AvgIpc) is 2.78. The fourth-order valence-electron chi connectivity index (χ4n) is 2.66. The smallest absolute Gasteiger partial charge is 0.365 e. The van der Waals surface area contributed by atoms with Gasteiger partial charge < -0.3 is 19.6 Å². The Bertz CT molecular complexity index is 1070. The van der Waals surface area contributed by atoms with E-state index in [4.69, 9.17) is 9.57 Å². The third-order valence-corrected chi connectivity index (χ3v) is 4.39. The normalized spacial score (nSPS) is 10.6. The molecule has 1 N–H and O–H groups in total. The molecule has 0 unspecified atom stereocenters. The van der Waals surface area contributed by atoms with Crippen molar-refractivity contribution in [2.75, 3.05) is 19.0 Å². The number of ether oxygens (including phenoxy) is 1. The first-order valence-electron chi connectivity index (χ1n) is 9.49. The van der Waals surface area contributed by atoms with E-state index in [1.54, 1.807) is 48.5 Å². The van der Waals surface area contributed by atoms with Gasteiger partial charge in [-0.25, -0.2) is 9.59 Å². The Hall–Kier alpha value is -4.13. The molecule has 0 aromatic heterocycles. The minimum absolute atomic E-state index is 0.0826. The molecule has 0 saturated heterocycles. The van der Waals surface area contributed by atoms with Crippen LogP contribution in [0.1, 0.15) is 31.8 Å². The lowest BCUT2D eigenvalue weighted by Crippen LogP contribution is -2.09. The Labute approximate surface area is 180 Å². The summed E-state index contributed by atoms with van der Waals surface area (Å²) >= 11 is 0. The molecule has 3 aromatic rings. The zero-order valence-corrected chi connectivity index (χ0v) is 17.2. The second-order valence-corrected chi connectivity index (χ2v) is 6.92. The van der Waals surface area contributed by atoms with E-state index in [-0.39, 0.29) is 12.4 Å². The Kier molecular flexibility index (Phi) is 7.01. The number of aromatic hydroxyl groups is 1. The first kappa shape index (κ1) is 21.6. The second kappa shape index (κ2) is 10.1. The number of hydrogen-bond donors (Lipinski definition) is 1. The van der Waals surface area contributed by atoms with E-state index in [0.29, 0.717) is 16.7 Å². The van der Waals surface area contributed by atoms with E-state index in [0.717, 1.165) is 11.3 Å². The molecule has 0 spiro atoms. The van der Waals surface area contributed by atoms with Gasteiger partial charge in [0, 0.05) is 19.8 Å². The highest BCUT2D eigenvalue weighted by Gasteiger charge is 2.10. The molecule has 0 bridgehead atoms. The number of carbonyl (C=O) groups is 2. The minimum Gasteiger partial charge on any atom is -0.508 e. The van der Waals surface area contributed by atoms with Crippen LogP contribution in [-0.4, -0.2) is 37.4 Å². The Morgan fingerprint density at radius 1 is 0.935 bits per heavy atom. The summed E-state index contributed by atoms with van der Waals surface area (Å²) in [5, 5.41) is 13.0. The molecular formula is C24H22N2O5. The van der Waals surface area contributed by atoms with Gasteiger partial charge in [-0.15, -0.1) is 0 Å². The molecule has 0 aliphatic rings. The Morgan fingerprint density at radius 2 is 1.58 bits per heavy atom. The maximum absolute atomic E-state index is 12.2. The van der Waals surface area contributed by atoms with Crippen molar-refractivity contribution in [3.63, 3.8) is 0 Å². The number of anilines is 1. The van der Waals surface area contributed by atoms with Crippen LogP contribution in [0, 0.1) is 0 Å². The van der Waals surface area contributed by atoms with Crippen LogP contribution in [0.4, 0.5) is 5.69 Å². The maximum Gasteiger partial charge on any atom is 0.365 e. The van der Waals surface area contributed by atoms with E-state index in [1.807, 2.05) is 31.1 Å². The summed E-state index contributed by atoms with van der Waals surface area (Å²) < 4.78 is 5.33. The molecule has 0 fully saturated rings. The van der Waals surface area contributed by atoms with Gasteiger partial charge in [0.2, 0.25) is 0 Å². The Balaban J connectivity index is 1.51. The number of phenols is 1. The van der Waals surface area contributed by atoms with Crippen molar-refractivity contribution in [3.05, 3.63) is 95.1 Å². The molecule has 0 aliphatic carbocycles. The van der Waals surface area contributed by atoms with Crippen LogP contribution in [0.15, 0.2) is 78.0 Å². The monoisotopic (exact) mass is 418 g/mol. The van der Waals surface area contributed by atoms with Crippen molar-refractivity contribution in [2.24, 2.45) is 5.16 Å². The van der Waals surface area contributed by atoms with E-state index in [9.17, 15) is 14.7 Å². The van der Waals surface area contributed by atoms with E-state index in [1.165, 1.54) is 18.3 Å². The fraction of sp³-hybridized carbons (Fsp3) is 0.125. The molecule has 7 heteroatoms. The summed E-state index contributed by atoms with van der Waals surface area (Å²) in [6.45, 7) is 0.0826. The molecule has 0 aliphatic heterocycles. The lowest BCUT2D eigenvalue weighted by Gasteiger charge is -2.12. The number of benzene rings is 3. The van der Waals surface area contributed by atoms with Crippen molar-refractivity contribution in [1.82, 2.24) is 0 Å². The second-order valence-electron chi connectivity index (χ2n) is 6.92. The molecule has 0 amide bonds. The number of nitrogens with zero attached hydrogens (tertiary/aromatic N) is 2. The van der Waals surface area contributed by atoms with Gasteiger partial charge in [0.1, 0.15) is 12.4 Å². The molecule has 0 heterocycles. The highest BCUT2D eigenvalue weighted by Crippen LogP contribution is 2.14. The van der Waals surface area contributed by atoms with Crippen LogP contribution in [0.5, 0.6) is 5.75 Å². The molecule has 158 valence electrons. The van der Waals surface area contributed by atoms with Gasteiger partial charge in [-0.3, -0.25) is 0 Å². The third-order valence-electron chi connectivity index (χ3n) is 4.39. The summed E-state index contributed by atoms with van der Waals surface area (Å²) in [7, 11) is 3.85. The van der Waals surface area contributed by atoms with Crippen LogP contribution in [0.25, 0.3) is 0 Å². The lowest BCUT2D eigenvalue weighted by atomic mass is 10.1. The van der Waals surface area contributed by atoms with Gasteiger partial charge in [0.15, 0.2) is 0 Å². The third kappa shape index (κ3) is 6.17. The molecule has 31 heavy (non-hydrogen) atoms. The molecule has 3 aromatic carbocycles. The Morgan fingerprint density at radius 3 is 2.23 bits per heavy atom. The summed E-state index contributed by atoms with van der Waals surface area (Å²) in [6, 6.07) is 20.0. The summed E-state index contributed by atoms with van der Waals surface area (Å²) in [5.41, 5.74) is 3.10. The molecule has 7 nitrogen and oxygen atoms in total. The van der Waals surface area contributed by atoms with Crippen molar-refractivity contribution in [2.45, 2.75) is 6.61 Å². The molecule has 3 rings (SSSR count). The molecule has 0 saturated carbocycles. The zero-order chi connectivity index (χ0) is 22.2. The van der Waals surface area contributed by atoms with E-state index in [2.05, 4.69) is 5.16 Å². The number of esters is 1. The van der Waals surface area contributed by atoms with Gasteiger partial charge in [0.25, 0.3) is 0 Å². The molecular weight excluding hydrogens is 396 g/mol. The summed E-state index contributed by atoms with van der Waals surface area (Å²) in [6.07, 6.45) is 1.33. The van der Waals surface area contributed by atoms with Gasteiger partial charge in [-0.05, 0) is 59.7 Å². The van der Waals surface area contributed by atoms with Crippen LogP contribution in [-0.2, 0) is 16.2 Å². The highest BCUT2D eigenvalue weighted by atomic mass is 16.7. The number of rotatable bonds is 7. The largest absolute Gasteiger partial charge is 0.508 e. The fourth-order valence-corrected chi connectivity index (χ4v) is 2.66. The highest BCUT2D eigenvalue weighted by molar-refractivity contribution is 5.90. The minimum atomic E-state index is -0.624. The SMILES string of the molecule is CN(C)c1ccc(C(=O)OCc2ccc(C(=O)O/N=C/c3cccc(O)c3)cc2)cc1. The van der Waals surface area contributed by atoms with Crippen LogP contribution in [0.3, 0.4) is 0 Å². The van der Waals surface area contributed by atoms with Gasteiger partial charge >= 0.3 is 11.9 Å². The maximum atomic E-state index is 12.2. The zero-order valence-electron chi connectivity index (χ0n) is 17.2. The number of phenolic OH excluding ortho intramolecular Hbond substituents is 1. The van der Waals surface area contributed by atoms with Gasteiger partial charge in [0.05, 0.1) is 17.3 Å². The summed E-state index contributed by atoms with van der Waals surface area (Å²) in [5.74, 6) is -0.951. The predicted molar refractivity (Wildman–Crippen MR) is 117 cm³/mol. The number of carbonyl (C=O) groups excluding carboxylic acids is 2. The lowest BCUT2D eigenvalue weighted by molar-refractivity contribution is 0.0469. The summed E-state index contributed by atoms with van der Waals surface area (Å²) in [4.78, 5) is 31.1. The van der Waals surface area contributed by atoms with Crippen LogP contribution < -0.4 is 4.90 Å². The van der Waals surface area contributed by atoms with Gasteiger partial charge in [-0.1, -0.05) is 29.4 Å². The van der Waals surface area contributed by atoms with Crippen molar-refractivity contribution in [3.8, 4) is 5.75 Å². The van der Waals surface area contributed by atoms with Crippen LogP contribution >= 0.6 is 0 Å². The van der Waals surface area contributed by atoms with Crippen LogP contribution in [0.2, 0.25) is 0 Å². The number of oxime groups is 1. The predicted octanol–water partition coefficient (Wildman–Crippen LogP) is 4.01. The molecule has 0 radical (unpaired) electrons. The standard InChI is InChI=1S/C24H22N2O5/c1-26(2)21-12-10-19(11-13-21)23(28)30-16-17-6-8-20(9-7-17)24(29)31-25-15-18-4-3-5-22(27)14-18/h3-15,27H,16H2,1-2H3/b25-15+. The number of hydrogen-bond acceptors (Lipinski definition) is 7. The first-order chi connectivity index (χ1) is 14.9. The van der Waals surface area contributed by atoms with Crippen molar-refractivity contribution >= 4 is 23.8 Å². The first-order valence-corrected chi connectivity index (χ1v) is 9.49. The molecule has 0 atom stereocenters. The van der Waals surface area contributed by atoms with Gasteiger partial charge in [-0.2, -0.15) is 0 Å². The quantitative estimate of drug-likeness (QED) is 0.270. The van der Waals surface area contributed by atoms with Crippen molar-refractivity contribution < 1.29 is 24.3 Å². The van der Waals surface area contributed by atoms with Crippen molar-refractivity contribution in [1.29, 1.82) is 0 Å². The van der Waals surface area contributed by atoms with E-state index < -0.39 is 11.9 Å². The van der Waals surface area contributed by atoms with E-state index >= 15 is 0 Å². The topological polar surface area (TPSA) is 88.4 Å².